The predicted molar refractivity (Wildman–Crippen MR) is 229 cm³/mol. The number of furan rings is 2. The van der Waals surface area contributed by atoms with Crippen LogP contribution in [0.25, 0.3) is 121 Å². The van der Waals surface area contributed by atoms with E-state index in [9.17, 15) is 0 Å². The highest BCUT2D eigenvalue weighted by Gasteiger charge is 2.23. The van der Waals surface area contributed by atoms with Crippen LogP contribution in [0.2, 0.25) is 0 Å². The van der Waals surface area contributed by atoms with Gasteiger partial charge in [0.1, 0.15) is 22.3 Å². The summed E-state index contributed by atoms with van der Waals surface area (Å²) in [7, 11) is 0. The molecule has 0 radical (unpaired) electrons. The molecule has 0 spiro atoms. The van der Waals surface area contributed by atoms with Gasteiger partial charge in [0.15, 0.2) is 17.5 Å². The molecule has 5 heteroatoms. The molecule has 0 saturated carbocycles. The fourth-order valence-corrected chi connectivity index (χ4v) is 8.41. The Morgan fingerprint density at radius 2 is 0.750 bits per heavy atom. The number of fused-ring (bicyclic) bond motifs is 11. The lowest BCUT2D eigenvalue weighted by Gasteiger charge is -2.12. The average molecular weight is 716 g/mol. The SMILES string of the molecule is c1ccc(-c2ccc3cc(-c4nc(-c5cc6ccccc6c6oc7ccccc7c56)nc(-c5cc6ccccc6c6oc7ccccc7c56)n4)ccc3c2)cc1. The van der Waals surface area contributed by atoms with Gasteiger partial charge in [0.25, 0.3) is 0 Å². The van der Waals surface area contributed by atoms with Crippen LogP contribution in [0.4, 0.5) is 0 Å². The van der Waals surface area contributed by atoms with Gasteiger partial charge in [0.2, 0.25) is 0 Å². The summed E-state index contributed by atoms with van der Waals surface area (Å²) in [4.78, 5) is 16.0. The van der Waals surface area contributed by atoms with Crippen LogP contribution >= 0.6 is 0 Å². The normalized spacial score (nSPS) is 11.9. The third-order valence-electron chi connectivity index (χ3n) is 11.1. The number of para-hydroxylation sites is 2. The van der Waals surface area contributed by atoms with Gasteiger partial charge < -0.3 is 8.83 Å². The van der Waals surface area contributed by atoms with E-state index in [2.05, 4.69) is 146 Å². The van der Waals surface area contributed by atoms with Crippen molar-refractivity contribution in [1.82, 2.24) is 15.0 Å². The van der Waals surface area contributed by atoms with Crippen molar-refractivity contribution in [1.29, 1.82) is 0 Å². The van der Waals surface area contributed by atoms with Crippen molar-refractivity contribution in [2.75, 3.05) is 0 Å². The average Bonchev–Trinajstić information content (AvgIpc) is 3.86. The van der Waals surface area contributed by atoms with Crippen LogP contribution in [0.5, 0.6) is 0 Å². The molecule has 12 rings (SSSR count). The first-order chi connectivity index (χ1) is 27.7. The zero-order valence-corrected chi connectivity index (χ0v) is 29.9. The van der Waals surface area contributed by atoms with E-state index in [0.717, 1.165) is 92.9 Å². The molecule has 9 aromatic carbocycles. The van der Waals surface area contributed by atoms with Gasteiger partial charge in [-0.15, -0.1) is 0 Å². The second-order valence-electron chi connectivity index (χ2n) is 14.3. The third kappa shape index (κ3) is 4.71. The van der Waals surface area contributed by atoms with E-state index in [0.29, 0.717) is 17.5 Å². The molecule has 0 unspecified atom stereocenters. The monoisotopic (exact) mass is 715 g/mol. The largest absolute Gasteiger partial charge is 0.455 e. The quantitative estimate of drug-likeness (QED) is 0.181. The van der Waals surface area contributed by atoms with Gasteiger partial charge in [0, 0.05) is 49.0 Å². The van der Waals surface area contributed by atoms with E-state index >= 15 is 0 Å². The van der Waals surface area contributed by atoms with Gasteiger partial charge in [0.05, 0.1) is 0 Å². The first-order valence-electron chi connectivity index (χ1n) is 18.8. The van der Waals surface area contributed by atoms with Crippen LogP contribution in [0.3, 0.4) is 0 Å². The van der Waals surface area contributed by atoms with E-state index in [4.69, 9.17) is 23.8 Å². The summed E-state index contributed by atoms with van der Waals surface area (Å²) in [5.74, 6) is 1.73. The zero-order valence-electron chi connectivity index (χ0n) is 29.9. The number of hydrogen-bond acceptors (Lipinski definition) is 5. The molecule has 0 amide bonds. The summed E-state index contributed by atoms with van der Waals surface area (Å²) in [6, 6.07) is 61.0. The molecule has 12 aromatic rings. The van der Waals surface area contributed by atoms with Gasteiger partial charge in [-0.2, -0.15) is 0 Å². The Morgan fingerprint density at radius 1 is 0.304 bits per heavy atom. The lowest BCUT2D eigenvalue weighted by Crippen LogP contribution is -2.01. The zero-order chi connectivity index (χ0) is 36.7. The molecule has 0 aliphatic carbocycles. The summed E-state index contributed by atoms with van der Waals surface area (Å²) in [6.07, 6.45) is 0. The number of aromatic nitrogens is 3. The molecule has 0 atom stereocenters. The minimum Gasteiger partial charge on any atom is -0.455 e. The van der Waals surface area contributed by atoms with Gasteiger partial charge >= 0.3 is 0 Å². The van der Waals surface area contributed by atoms with Crippen molar-refractivity contribution < 1.29 is 8.83 Å². The maximum absolute atomic E-state index is 6.61. The maximum atomic E-state index is 6.61. The Balaban J connectivity index is 1.16. The topological polar surface area (TPSA) is 65.0 Å². The number of benzene rings is 9. The Labute approximate surface area is 320 Å². The summed E-state index contributed by atoms with van der Waals surface area (Å²) < 4.78 is 13.2. The lowest BCUT2D eigenvalue weighted by molar-refractivity contribution is 0.672. The van der Waals surface area contributed by atoms with E-state index < -0.39 is 0 Å². The van der Waals surface area contributed by atoms with Gasteiger partial charge in [-0.05, 0) is 69.1 Å². The number of hydrogen-bond donors (Lipinski definition) is 0. The molecular weight excluding hydrogens is 687 g/mol. The van der Waals surface area contributed by atoms with Crippen molar-refractivity contribution in [3.8, 4) is 45.3 Å². The molecule has 56 heavy (non-hydrogen) atoms. The van der Waals surface area contributed by atoms with Crippen LogP contribution in [-0.4, -0.2) is 15.0 Å². The minimum atomic E-state index is 0.570. The highest BCUT2D eigenvalue weighted by atomic mass is 16.3. The molecule has 0 aliphatic heterocycles. The first-order valence-corrected chi connectivity index (χ1v) is 18.8. The van der Waals surface area contributed by atoms with Crippen LogP contribution in [0.1, 0.15) is 0 Å². The summed E-state index contributed by atoms with van der Waals surface area (Å²) in [6.45, 7) is 0. The van der Waals surface area contributed by atoms with E-state index in [1.165, 1.54) is 11.1 Å². The summed E-state index contributed by atoms with van der Waals surface area (Å²) >= 11 is 0. The van der Waals surface area contributed by atoms with Crippen LogP contribution in [-0.2, 0) is 0 Å². The Bertz CT molecular complexity index is 3370. The van der Waals surface area contributed by atoms with Crippen LogP contribution in [0, 0.1) is 0 Å². The van der Waals surface area contributed by atoms with Crippen molar-refractivity contribution in [2.24, 2.45) is 0 Å². The summed E-state index contributed by atoms with van der Waals surface area (Å²) in [5, 5.41) is 10.4. The fraction of sp³-hybridized carbons (Fsp3) is 0. The van der Waals surface area contributed by atoms with Crippen molar-refractivity contribution >= 4 is 76.2 Å². The highest BCUT2D eigenvalue weighted by Crippen LogP contribution is 2.43. The molecule has 0 saturated heterocycles. The minimum absolute atomic E-state index is 0.570. The number of nitrogens with zero attached hydrogens (tertiary/aromatic N) is 3. The van der Waals surface area contributed by atoms with Gasteiger partial charge in [-0.25, -0.2) is 15.0 Å². The number of rotatable bonds is 4. The van der Waals surface area contributed by atoms with Crippen molar-refractivity contribution in [3.05, 3.63) is 176 Å². The fourth-order valence-electron chi connectivity index (χ4n) is 8.41. The third-order valence-corrected chi connectivity index (χ3v) is 11.1. The van der Waals surface area contributed by atoms with E-state index in [-0.39, 0.29) is 0 Å². The standard InChI is InChI=1S/C51H29N3O2/c1-2-12-30(13-3-1)31-22-23-33-27-36(25-24-32(33)26-31)49-52-50(41-28-34-14-4-6-16-37(34)47-45(41)39-18-8-10-20-43(39)55-47)54-51(53-49)42-29-35-15-5-7-17-38(35)48-46(42)40-19-9-11-21-44(40)56-48/h1-29H. The van der Waals surface area contributed by atoms with Crippen molar-refractivity contribution in [3.63, 3.8) is 0 Å². The van der Waals surface area contributed by atoms with E-state index in [1.54, 1.807) is 0 Å². The maximum Gasteiger partial charge on any atom is 0.164 e. The molecule has 260 valence electrons. The molecule has 3 heterocycles. The lowest BCUT2D eigenvalue weighted by atomic mass is 9.98. The predicted octanol–water partition coefficient (Wildman–Crippen LogP) is 13.8. The molecule has 5 nitrogen and oxygen atoms in total. The summed E-state index contributed by atoms with van der Waals surface area (Å²) in [5.41, 5.74) is 8.31. The second kappa shape index (κ2) is 11.9. The Morgan fingerprint density at radius 3 is 1.32 bits per heavy atom. The molecule has 0 fully saturated rings. The first kappa shape index (κ1) is 30.8. The van der Waals surface area contributed by atoms with Gasteiger partial charge in [-0.3, -0.25) is 0 Å². The second-order valence-corrected chi connectivity index (χ2v) is 14.3. The highest BCUT2D eigenvalue weighted by molar-refractivity contribution is 6.22. The Kier molecular flexibility index (Phi) is 6.56. The van der Waals surface area contributed by atoms with Crippen LogP contribution in [0.15, 0.2) is 185 Å². The molecule has 0 bridgehead atoms. The molecular formula is C51H29N3O2. The van der Waals surface area contributed by atoms with E-state index in [1.807, 2.05) is 30.3 Å². The van der Waals surface area contributed by atoms with Gasteiger partial charge in [-0.1, -0.05) is 140 Å². The van der Waals surface area contributed by atoms with Crippen LogP contribution < -0.4 is 0 Å². The molecule has 0 N–H and O–H groups in total. The van der Waals surface area contributed by atoms with Crippen molar-refractivity contribution in [2.45, 2.75) is 0 Å². The smallest absolute Gasteiger partial charge is 0.164 e. The molecule has 0 aliphatic rings. The molecule has 3 aromatic heterocycles. The Hall–Kier alpha value is -7.63.